The zero-order valence-corrected chi connectivity index (χ0v) is 20.4. The Bertz CT molecular complexity index is 1410. The smallest absolute Gasteiger partial charge is 0.262 e. The van der Waals surface area contributed by atoms with E-state index in [0.29, 0.717) is 28.2 Å². The molecular formula is C26H26FN3O3S. The van der Waals surface area contributed by atoms with E-state index in [9.17, 15) is 14.0 Å². The number of Topliss-reactive ketones (excluding diaryl/α,β-unsaturated/α-hetero) is 1. The fourth-order valence-corrected chi connectivity index (χ4v) is 5.15. The maximum Gasteiger partial charge on any atom is 0.262 e. The molecule has 4 rings (SSSR count). The van der Waals surface area contributed by atoms with Crippen LogP contribution in [0.15, 0.2) is 64.5 Å². The van der Waals surface area contributed by atoms with Crippen LogP contribution in [0, 0.1) is 19.7 Å². The molecule has 0 saturated heterocycles. The fraction of sp³-hybridized carbons (Fsp3) is 0.269. The number of fused-ring (bicyclic) bond motifs is 1. The number of carbonyl (C=O) groups excluding carboxylic acids is 1. The van der Waals surface area contributed by atoms with Crippen LogP contribution in [0.5, 0.6) is 0 Å². The van der Waals surface area contributed by atoms with E-state index < -0.39 is 0 Å². The van der Waals surface area contributed by atoms with Gasteiger partial charge in [-0.1, -0.05) is 23.9 Å². The molecule has 0 saturated carbocycles. The molecule has 0 N–H and O–H groups in total. The highest BCUT2D eigenvalue weighted by atomic mass is 32.2. The molecular weight excluding hydrogens is 453 g/mol. The van der Waals surface area contributed by atoms with Gasteiger partial charge in [-0.15, -0.1) is 0 Å². The molecule has 34 heavy (non-hydrogen) atoms. The number of hydrogen-bond acceptors (Lipinski definition) is 5. The molecule has 0 radical (unpaired) electrons. The summed E-state index contributed by atoms with van der Waals surface area (Å²) in [6, 6.07) is 15.0. The first kappa shape index (κ1) is 23.9. The van der Waals surface area contributed by atoms with E-state index in [1.54, 1.807) is 35.9 Å². The molecule has 0 aliphatic carbocycles. The number of nitrogens with zero attached hydrogens (tertiary/aromatic N) is 3. The number of methoxy groups -OCH3 is 1. The van der Waals surface area contributed by atoms with E-state index >= 15 is 0 Å². The van der Waals surface area contributed by atoms with E-state index in [1.165, 1.54) is 23.9 Å². The van der Waals surface area contributed by atoms with Crippen molar-refractivity contribution in [3.63, 3.8) is 0 Å². The molecule has 0 aliphatic rings. The maximum atomic E-state index is 13.4. The van der Waals surface area contributed by atoms with Gasteiger partial charge in [0, 0.05) is 29.7 Å². The number of thioether (sulfide) groups is 1. The second-order valence-corrected chi connectivity index (χ2v) is 9.14. The first-order valence-corrected chi connectivity index (χ1v) is 11.9. The minimum Gasteiger partial charge on any atom is -0.383 e. The van der Waals surface area contributed by atoms with E-state index in [-0.39, 0.29) is 29.0 Å². The predicted octanol–water partition coefficient (Wildman–Crippen LogP) is 5.13. The quantitative estimate of drug-likeness (QED) is 0.199. The number of carbonyl (C=O) groups is 1. The van der Waals surface area contributed by atoms with Crippen molar-refractivity contribution in [1.29, 1.82) is 0 Å². The molecule has 0 bridgehead atoms. The van der Waals surface area contributed by atoms with Gasteiger partial charge in [0.2, 0.25) is 0 Å². The van der Waals surface area contributed by atoms with Crippen LogP contribution in [0.3, 0.4) is 0 Å². The molecule has 2 aromatic carbocycles. The molecule has 2 heterocycles. The van der Waals surface area contributed by atoms with Gasteiger partial charge in [0.25, 0.3) is 5.56 Å². The van der Waals surface area contributed by atoms with Gasteiger partial charge in [0.1, 0.15) is 5.82 Å². The number of ketones is 1. The summed E-state index contributed by atoms with van der Waals surface area (Å²) in [7, 11) is 1.59. The number of aromatic nitrogens is 3. The van der Waals surface area contributed by atoms with E-state index in [4.69, 9.17) is 4.74 Å². The summed E-state index contributed by atoms with van der Waals surface area (Å²) in [6.45, 7) is 6.03. The van der Waals surface area contributed by atoms with Crippen LogP contribution in [0.25, 0.3) is 16.6 Å². The zero-order chi connectivity index (χ0) is 24.4. The zero-order valence-electron chi connectivity index (χ0n) is 19.5. The summed E-state index contributed by atoms with van der Waals surface area (Å²) in [6.07, 6.45) is 0. The summed E-state index contributed by atoms with van der Waals surface area (Å²) >= 11 is 1.24. The maximum absolute atomic E-state index is 13.4. The Balaban J connectivity index is 1.65. The van der Waals surface area contributed by atoms with Crippen molar-refractivity contribution < 1.29 is 13.9 Å². The number of rotatable bonds is 8. The highest BCUT2D eigenvalue weighted by Crippen LogP contribution is 2.26. The normalized spacial score (nSPS) is 12.3. The van der Waals surface area contributed by atoms with Crippen LogP contribution in [-0.4, -0.2) is 39.4 Å². The van der Waals surface area contributed by atoms with E-state index in [1.807, 2.05) is 43.5 Å². The van der Waals surface area contributed by atoms with Crippen molar-refractivity contribution >= 4 is 28.4 Å². The third-order valence-corrected chi connectivity index (χ3v) is 6.73. The monoisotopic (exact) mass is 479 g/mol. The van der Waals surface area contributed by atoms with Gasteiger partial charge in [-0.05, 0) is 63.2 Å². The van der Waals surface area contributed by atoms with Crippen LogP contribution >= 0.6 is 11.8 Å². The Hall–Kier alpha value is -3.23. The van der Waals surface area contributed by atoms with Crippen LogP contribution in [-0.2, 0) is 4.74 Å². The minimum atomic E-state index is -0.310. The fourth-order valence-electron chi connectivity index (χ4n) is 4.17. The van der Waals surface area contributed by atoms with Crippen LogP contribution in [0.4, 0.5) is 4.39 Å². The van der Waals surface area contributed by atoms with Crippen molar-refractivity contribution in [3.05, 3.63) is 87.7 Å². The molecule has 176 valence electrons. The predicted molar refractivity (Wildman–Crippen MR) is 133 cm³/mol. The first-order valence-electron chi connectivity index (χ1n) is 10.9. The van der Waals surface area contributed by atoms with E-state index in [2.05, 4.69) is 4.98 Å². The summed E-state index contributed by atoms with van der Waals surface area (Å²) in [5, 5.41) is 1.01. The molecule has 4 aromatic rings. The molecule has 1 atom stereocenters. The Morgan fingerprint density at radius 3 is 2.56 bits per heavy atom. The van der Waals surface area contributed by atoms with Crippen molar-refractivity contribution in [2.24, 2.45) is 0 Å². The van der Waals surface area contributed by atoms with Crippen molar-refractivity contribution in [1.82, 2.24) is 14.1 Å². The average molecular weight is 480 g/mol. The second kappa shape index (κ2) is 9.95. The van der Waals surface area contributed by atoms with Gasteiger partial charge in [0.05, 0.1) is 29.3 Å². The largest absolute Gasteiger partial charge is 0.383 e. The number of ether oxygens (including phenoxy) is 1. The third kappa shape index (κ3) is 4.56. The van der Waals surface area contributed by atoms with Gasteiger partial charge < -0.3 is 9.30 Å². The van der Waals surface area contributed by atoms with Crippen molar-refractivity contribution in [3.8, 4) is 5.69 Å². The van der Waals surface area contributed by atoms with Crippen molar-refractivity contribution in [2.45, 2.75) is 32.0 Å². The molecule has 0 fully saturated rings. The Morgan fingerprint density at radius 2 is 1.85 bits per heavy atom. The van der Waals surface area contributed by atoms with Crippen LogP contribution < -0.4 is 5.56 Å². The molecule has 0 spiro atoms. The number of halogens is 1. The first-order chi connectivity index (χ1) is 16.3. The van der Waals surface area contributed by atoms with Crippen molar-refractivity contribution in [2.75, 3.05) is 19.5 Å². The lowest BCUT2D eigenvalue weighted by Crippen LogP contribution is -2.28. The highest BCUT2D eigenvalue weighted by Gasteiger charge is 2.20. The van der Waals surface area contributed by atoms with Gasteiger partial charge in [-0.25, -0.2) is 9.37 Å². The van der Waals surface area contributed by atoms with Gasteiger partial charge >= 0.3 is 0 Å². The summed E-state index contributed by atoms with van der Waals surface area (Å²) < 4.78 is 22.2. The number of aryl methyl sites for hydroxylation is 1. The molecule has 0 amide bonds. The number of benzene rings is 2. The molecule has 8 heteroatoms. The molecule has 0 unspecified atom stereocenters. The summed E-state index contributed by atoms with van der Waals surface area (Å²) in [4.78, 5) is 31.1. The summed E-state index contributed by atoms with van der Waals surface area (Å²) in [5.41, 5.74) is 3.49. The Kier molecular flexibility index (Phi) is 7.00. The third-order valence-electron chi connectivity index (χ3n) is 5.77. The lowest BCUT2D eigenvalue weighted by molar-refractivity contribution is 0.102. The Morgan fingerprint density at radius 1 is 1.15 bits per heavy atom. The Labute approximate surface area is 201 Å². The average Bonchev–Trinajstić information content (AvgIpc) is 3.12. The highest BCUT2D eigenvalue weighted by molar-refractivity contribution is 7.99. The topological polar surface area (TPSA) is 66.1 Å². The lowest BCUT2D eigenvalue weighted by Gasteiger charge is -2.18. The standard InChI is InChI=1S/C26H26FN3O3S/c1-16-13-22(18(3)29(16)20-11-9-19(27)10-12-20)24(31)15-34-26-28-23-8-6-5-7-21(23)25(32)30(26)17(2)14-33-4/h5-13,17H,14-15H2,1-4H3/t17-/m0/s1. The van der Waals surface area contributed by atoms with Crippen LogP contribution in [0.2, 0.25) is 0 Å². The molecule has 2 aromatic heterocycles. The van der Waals surface area contributed by atoms with Gasteiger partial charge in [0.15, 0.2) is 10.9 Å². The number of hydrogen-bond donors (Lipinski definition) is 0. The summed E-state index contributed by atoms with van der Waals surface area (Å²) in [5.74, 6) is -0.256. The second-order valence-electron chi connectivity index (χ2n) is 8.20. The van der Waals surface area contributed by atoms with Gasteiger partial charge in [-0.3, -0.25) is 14.2 Å². The van der Waals surface area contributed by atoms with Gasteiger partial charge in [-0.2, -0.15) is 0 Å². The number of para-hydroxylation sites is 1. The molecule has 6 nitrogen and oxygen atoms in total. The van der Waals surface area contributed by atoms with E-state index in [0.717, 1.165) is 17.1 Å². The SMILES string of the molecule is COC[C@H](C)n1c(SCC(=O)c2cc(C)n(-c3ccc(F)cc3)c2C)nc2ccccc2c1=O. The molecule has 0 aliphatic heterocycles. The minimum absolute atomic E-state index is 0.0696. The lowest BCUT2D eigenvalue weighted by atomic mass is 10.2. The van der Waals surface area contributed by atoms with Crippen LogP contribution in [0.1, 0.15) is 34.7 Å².